The summed E-state index contributed by atoms with van der Waals surface area (Å²) in [5.41, 5.74) is 1.15. The Kier molecular flexibility index (Phi) is 2.62. The maximum absolute atomic E-state index is 11.5. The van der Waals surface area contributed by atoms with Gasteiger partial charge in [0.15, 0.2) is 0 Å². The van der Waals surface area contributed by atoms with Gasteiger partial charge in [-0.1, -0.05) is 18.6 Å². The molecule has 1 aromatic carbocycles. The minimum Gasteiger partial charge on any atom is -0.496 e. The van der Waals surface area contributed by atoms with Gasteiger partial charge in [-0.3, -0.25) is 4.79 Å². The van der Waals surface area contributed by atoms with Crippen LogP contribution in [0.15, 0.2) is 18.2 Å². The van der Waals surface area contributed by atoms with Crippen molar-refractivity contribution in [1.29, 1.82) is 0 Å². The molecule has 1 N–H and O–H groups in total. The molecule has 0 atom stereocenters. The summed E-state index contributed by atoms with van der Waals surface area (Å²) in [6, 6.07) is 5.68. The molecule has 0 aliphatic heterocycles. The van der Waals surface area contributed by atoms with Crippen LogP contribution in [0.25, 0.3) is 0 Å². The SMILES string of the molecule is COc1cccc(C)c1C1(C(=O)O)CCC1. The highest BCUT2D eigenvalue weighted by molar-refractivity contribution is 5.84. The maximum Gasteiger partial charge on any atom is 0.314 e. The quantitative estimate of drug-likeness (QED) is 0.851. The second kappa shape index (κ2) is 3.81. The lowest BCUT2D eigenvalue weighted by Crippen LogP contribution is -2.43. The zero-order valence-corrected chi connectivity index (χ0v) is 9.62. The zero-order valence-electron chi connectivity index (χ0n) is 9.62. The van der Waals surface area contributed by atoms with E-state index in [1.807, 2.05) is 25.1 Å². The fourth-order valence-electron chi connectivity index (χ4n) is 2.53. The largest absolute Gasteiger partial charge is 0.496 e. The molecule has 0 aromatic heterocycles. The molecule has 3 heteroatoms. The van der Waals surface area contributed by atoms with Gasteiger partial charge >= 0.3 is 5.97 Å². The van der Waals surface area contributed by atoms with E-state index in [1.54, 1.807) is 7.11 Å². The molecule has 1 aliphatic carbocycles. The first-order valence-electron chi connectivity index (χ1n) is 5.49. The first kappa shape index (κ1) is 11.0. The third kappa shape index (κ3) is 1.39. The van der Waals surface area contributed by atoms with Crippen molar-refractivity contribution >= 4 is 5.97 Å². The van der Waals surface area contributed by atoms with Crippen LogP contribution < -0.4 is 4.74 Å². The molecule has 3 nitrogen and oxygen atoms in total. The van der Waals surface area contributed by atoms with Gasteiger partial charge in [0.2, 0.25) is 0 Å². The van der Waals surface area contributed by atoms with Crippen molar-refractivity contribution in [2.45, 2.75) is 31.6 Å². The lowest BCUT2D eigenvalue weighted by atomic mass is 9.63. The Hall–Kier alpha value is -1.51. The van der Waals surface area contributed by atoms with Crippen LogP contribution in [0, 0.1) is 6.92 Å². The van der Waals surface area contributed by atoms with Gasteiger partial charge in [0.1, 0.15) is 5.75 Å². The number of carboxylic acid groups (broad SMARTS) is 1. The smallest absolute Gasteiger partial charge is 0.314 e. The molecule has 86 valence electrons. The molecule has 0 unspecified atom stereocenters. The highest BCUT2D eigenvalue weighted by Gasteiger charge is 2.48. The summed E-state index contributed by atoms with van der Waals surface area (Å²) < 4.78 is 5.29. The van der Waals surface area contributed by atoms with E-state index in [9.17, 15) is 9.90 Å². The van der Waals surface area contributed by atoms with Gasteiger partial charge in [-0.25, -0.2) is 0 Å². The molecule has 0 radical (unpaired) electrons. The number of aryl methyl sites for hydroxylation is 1. The second-order valence-corrected chi connectivity index (χ2v) is 4.39. The minimum absolute atomic E-state index is 0.696. The molecule has 0 amide bonds. The van der Waals surface area contributed by atoms with Gasteiger partial charge in [-0.15, -0.1) is 0 Å². The highest BCUT2D eigenvalue weighted by Crippen LogP contribution is 2.48. The number of methoxy groups -OCH3 is 1. The topological polar surface area (TPSA) is 46.5 Å². The molecule has 1 fully saturated rings. The van der Waals surface area contributed by atoms with Gasteiger partial charge in [0, 0.05) is 5.56 Å². The summed E-state index contributed by atoms with van der Waals surface area (Å²) in [6.07, 6.45) is 2.40. The van der Waals surface area contributed by atoms with Crippen molar-refractivity contribution in [3.05, 3.63) is 29.3 Å². The summed E-state index contributed by atoms with van der Waals surface area (Å²) in [5, 5.41) is 9.43. The van der Waals surface area contributed by atoms with Crippen molar-refractivity contribution in [3.8, 4) is 5.75 Å². The summed E-state index contributed by atoms with van der Waals surface area (Å²) in [5.74, 6) is -0.0338. The molecule has 0 heterocycles. The minimum atomic E-state index is -0.730. The van der Waals surface area contributed by atoms with E-state index in [2.05, 4.69) is 0 Å². The Morgan fingerprint density at radius 1 is 1.44 bits per heavy atom. The van der Waals surface area contributed by atoms with Crippen LogP contribution in [0.5, 0.6) is 5.75 Å². The predicted octanol–water partition coefficient (Wildman–Crippen LogP) is 2.51. The number of hydrogen-bond donors (Lipinski definition) is 1. The van der Waals surface area contributed by atoms with Crippen LogP contribution in [0.2, 0.25) is 0 Å². The van der Waals surface area contributed by atoms with Gasteiger partial charge in [-0.2, -0.15) is 0 Å². The van der Waals surface area contributed by atoms with E-state index in [1.165, 1.54) is 0 Å². The summed E-state index contributed by atoms with van der Waals surface area (Å²) in [4.78, 5) is 11.5. The van der Waals surface area contributed by atoms with Gasteiger partial charge < -0.3 is 9.84 Å². The van der Waals surface area contributed by atoms with Crippen molar-refractivity contribution in [2.24, 2.45) is 0 Å². The number of ether oxygens (including phenoxy) is 1. The molecule has 0 spiro atoms. The lowest BCUT2D eigenvalue weighted by molar-refractivity contribution is -0.147. The van der Waals surface area contributed by atoms with Crippen LogP contribution >= 0.6 is 0 Å². The van der Waals surface area contributed by atoms with Crippen LogP contribution in [0.1, 0.15) is 30.4 Å². The Morgan fingerprint density at radius 2 is 2.12 bits per heavy atom. The maximum atomic E-state index is 11.5. The summed E-state index contributed by atoms with van der Waals surface area (Å²) in [7, 11) is 1.59. The standard InChI is InChI=1S/C13H16O3/c1-9-5-3-6-10(16-2)11(9)13(12(14)15)7-4-8-13/h3,5-6H,4,7-8H2,1-2H3,(H,14,15). The first-order chi connectivity index (χ1) is 7.62. The third-order valence-electron chi connectivity index (χ3n) is 3.55. The predicted molar refractivity (Wildman–Crippen MR) is 60.9 cm³/mol. The summed E-state index contributed by atoms with van der Waals surface area (Å²) in [6.45, 7) is 1.95. The number of hydrogen-bond acceptors (Lipinski definition) is 2. The average Bonchev–Trinajstić information content (AvgIpc) is 2.18. The Labute approximate surface area is 95.0 Å². The van der Waals surface area contributed by atoms with Crippen molar-refractivity contribution in [3.63, 3.8) is 0 Å². The molecule has 16 heavy (non-hydrogen) atoms. The van der Waals surface area contributed by atoms with Crippen molar-refractivity contribution in [2.75, 3.05) is 7.11 Å². The van der Waals surface area contributed by atoms with Gasteiger partial charge in [-0.05, 0) is 31.4 Å². The number of carbonyl (C=O) groups is 1. The number of benzene rings is 1. The van der Waals surface area contributed by atoms with Crippen LogP contribution in [-0.4, -0.2) is 18.2 Å². The first-order valence-corrected chi connectivity index (χ1v) is 5.49. The van der Waals surface area contributed by atoms with Crippen LogP contribution in [0.3, 0.4) is 0 Å². The highest BCUT2D eigenvalue weighted by atomic mass is 16.5. The molecule has 2 rings (SSSR count). The van der Waals surface area contributed by atoms with Gasteiger partial charge in [0.05, 0.1) is 12.5 Å². The average molecular weight is 220 g/mol. The second-order valence-electron chi connectivity index (χ2n) is 4.39. The fourth-order valence-corrected chi connectivity index (χ4v) is 2.53. The fraction of sp³-hybridized carbons (Fsp3) is 0.462. The van der Waals surface area contributed by atoms with Crippen LogP contribution in [-0.2, 0) is 10.2 Å². The molecule has 1 aromatic rings. The molecule has 0 bridgehead atoms. The van der Waals surface area contributed by atoms with Crippen LogP contribution in [0.4, 0.5) is 0 Å². The number of rotatable bonds is 3. The Morgan fingerprint density at radius 3 is 2.56 bits per heavy atom. The summed E-state index contributed by atoms with van der Waals surface area (Å²) >= 11 is 0. The molecular weight excluding hydrogens is 204 g/mol. The number of aliphatic carboxylic acids is 1. The van der Waals surface area contributed by atoms with E-state index in [0.29, 0.717) is 18.6 Å². The third-order valence-corrected chi connectivity index (χ3v) is 3.55. The molecular formula is C13H16O3. The van der Waals surface area contributed by atoms with E-state index in [0.717, 1.165) is 17.5 Å². The number of carboxylic acids is 1. The van der Waals surface area contributed by atoms with Crippen molar-refractivity contribution < 1.29 is 14.6 Å². The van der Waals surface area contributed by atoms with E-state index >= 15 is 0 Å². The van der Waals surface area contributed by atoms with Crippen molar-refractivity contribution in [1.82, 2.24) is 0 Å². The molecule has 1 aliphatic rings. The Bertz CT molecular complexity index is 419. The monoisotopic (exact) mass is 220 g/mol. The van der Waals surface area contributed by atoms with Gasteiger partial charge in [0.25, 0.3) is 0 Å². The normalized spacial score (nSPS) is 17.6. The zero-order chi connectivity index (χ0) is 11.8. The van der Waals surface area contributed by atoms with E-state index in [-0.39, 0.29) is 0 Å². The lowest BCUT2D eigenvalue weighted by Gasteiger charge is -2.39. The Balaban J connectivity index is 2.57. The van der Waals surface area contributed by atoms with E-state index in [4.69, 9.17) is 4.74 Å². The van der Waals surface area contributed by atoms with E-state index < -0.39 is 11.4 Å². The molecule has 1 saturated carbocycles. The molecule has 0 saturated heterocycles.